The quantitative estimate of drug-likeness (QED) is 0.141. The average molecular weight is 508 g/mol. The summed E-state index contributed by atoms with van der Waals surface area (Å²) in [6, 6.07) is 6.11. The molecular formula is C24H28O12. The second kappa shape index (κ2) is 9.72. The van der Waals surface area contributed by atoms with Gasteiger partial charge >= 0.3 is 5.97 Å². The van der Waals surface area contributed by atoms with Crippen molar-refractivity contribution in [3.05, 3.63) is 48.2 Å². The number of ether oxygens (including phenoxy) is 5. The van der Waals surface area contributed by atoms with Crippen LogP contribution in [-0.4, -0.2) is 105 Å². The van der Waals surface area contributed by atoms with Gasteiger partial charge in [0.15, 0.2) is 6.29 Å². The molecule has 36 heavy (non-hydrogen) atoms. The molecule has 0 unspecified atom stereocenters. The lowest BCUT2D eigenvalue weighted by molar-refractivity contribution is -0.344. The van der Waals surface area contributed by atoms with Gasteiger partial charge in [0, 0.05) is 12.0 Å². The number of phenols is 1. The van der Waals surface area contributed by atoms with E-state index in [-0.39, 0.29) is 12.4 Å². The summed E-state index contributed by atoms with van der Waals surface area (Å²) in [5.74, 6) is -1.71. The third-order valence-corrected chi connectivity index (χ3v) is 7.14. The van der Waals surface area contributed by atoms with Gasteiger partial charge in [-0.25, -0.2) is 4.79 Å². The molecule has 0 amide bonds. The fraction of sp³-hybridized carbons (Fsp3) is 0.542. The molecule has 1 aliphatic carbocycles. The predicted octanol–water partition coefficient (Wildman–Crippen LogP) is -1.62. The van der Waals surface area contributed by atoms with Gasteiger partial charge in [-0.15, -0.1) is 0 Å². The normalized spacial score (nSPS) is 43.0. The Kier molecular flexibility index (Phi) is 6.78. The number of carbonyl (C=O) groups is 1. The molecule has 1 saturated carbocycles. The summed E-state index contributed by atoms with van der Waals surface area (Å²) in [5, 5.41) is 60.8. The fourth-order valence-electron chi connectivity index (χ4n) is 5.12. The molecule has 11 atom stereocenters. The van der Waals surface area contributed by atoms with E-state index >= 15 is 0 Å². The summed E-state index contributed by atoms with van der Waals surface area (Å²) < 4.78 is 27.6. The third-order valence-electron chi connectivity index (χ3n) is 7.14. The second-order valence-corrected chi connectivity index (χ2v) is 9.28. The van der Waals surface area contributed by atoms with E-state index in [4.69, 9.17) is 23.7 Å². The number of aromatic hydroxyl groups is 1. The molecule has 12 nitrogen and oxygen atoms in total. The zero-order chi connectivity index (χ0) is 25.6. The topological polar surface area (TPSA) is 188 Å². The van der Waals surface area contributed by atoms with Crippen molar-refractivity contribution in [1.29, 1.82) is 0 Å². The second-order valence-electron chi connectivity index (χ2n) is 9.28. The Hall–Kier alpha value is -2.55. The molecule has 0 radical (unpaired) electrons. The van der Waals surface area contributed by atoms with Crippen molar-refractivity contribution < 1.29 is 59.1 Å². The number of hydrogen-bond donors (Lipinski definition) is 6. The van der Waals surface area contributed by atoms with Gasteiger partial charge in [-0.3, -0.25) is 0 Å². The Balaban J connectivity index is 1.22. The maximum absolute atomic E-state index is 12.1. The highest BCUT2D eigenvalue weighted by Crippen LogP contribution is 2.59. The van der Waals surface area contributed by atoms with Crippen LogP contribution >= 0.6 is 0 Å². The molecule has 4 aliphatic rings. The predicted molar refractivity (Wildman–Crippen MR) is 118 cm³/mol. The maximum atomic E-state index is 12.1. The molecule has 6 N–H and O–H groups in total. The molecule has 1 aromatic rings. The number of aliphatic hydroxyl groups is 5. The summed E-state index contributed by atoms with van der Waals surface area (Å²) in [7, 11) is 0. The Morgan fingerprint density at radius 3 is 2.50 bits per heavy atom. The number of rotatable bonds is 7. The third kappa shape index (κ3) is 4.40. The Labute approximate surface area is 205 Å². The molecule has 5 rings (SSSR count). The molecule has 0 spiro atoms. The highest BCUT2D eigenvalue weighted by molar-refractivity contribution is 5.87. The lowest BCUT2D eigenvalue weighted by atomic mass is 9.85. The Bertz CT molecular complexity index is 1010. The summed E-state index contributed by atoms with van der Waals surface area (Å²) in [4.78, 5) is 12.1. The van der Waals surface area contributed by atoms with Crippen molar-refractivity contribution in [3.63, 3.8) is 0 Å². The molecule has 1 aromatic carbocycles. The van der Waals surface area contributed by atoms with Gasteiger partial charge in [0.2, 0.25) is 6.29 Å². The van der Waals surface area contributed by atoms with Gasteiger partial charge in [0.1, 0.15) is 48.5 Å². The van der Waals surface area contributed by atoms with E-state index < -0.39 is 79.2 Å². The molecule has 0 aromatic heterocycles. The van der Waals surface area contributed by atoms with Crippen molar-refractivity contribution in [1.82, 2.24) is 0 Å². The van der Waals surface area contributed by atoms with Crippen LogP contribution in [0.2, 0.25) is 0 Å². The highest BCUT2D eigenvalue weighted by atomic mass is 16.8. The SMILES string of the molecule is O=C(/C=C/c1ccc(O)cc1)OC[C@H]1O[C@@H](O[C@@H]2OC=C[C@H]3[C@H](O)[C@@H]4O[C@]4(CO)[C@@H]23)[C@H](O)[C@@H](O)[C@@H]1O. The van der Waals surface area contributed by atoms with Gasteiger partial charge < -0.3 is 54.3 Å². The van der Waals surface area contributed by atoms with Crippen LogP contribution in [-0.2, 0) is 28.5 Å². The minimum absolute atomic E-state index is 0.0842. The summed E-state index contributed by atoms with van der Waals surface area (Å²) in [5.41, 5.74) is -0.416. The van der Waals surface area contributed by atoms with Crippen molar-refractivity contribution in [2.45, 2.75) is 54.8 Å². The van der Waals surface area contributed by atoms with Crippen molar-refractivity contribution in [2.75, 3.05) is 13.2 Å². The van der Waals surface area contributed by atoms with Crippen LogP contribution in [0.5, 0.6) is 5.75 Å². The van der Waals surface area contributed by atoms with E-state index in [9.17, 15) is 35.4 Å². The first-order chi connectivity index (χ1) is 17.2. The summed E-state index contributed by atoms with van der Waals surface area (Å²) in [6.45, 7) is -0.829. The standard InChI is InChI=1S/C24H28O12/c25-10-24-16-13(17(28)21(24)36-24)7-8-32-22(16)35-23-20(31)19(30)18(29)14(34-23)9-33-15(27)6-3-11-1-4-12(26)5-2-11/h1-8,13-14,16-23,25-26,28-31H,9-10H2/b6-3+/t13-,14-,16-,17+,18-,19+,20-,21+,22+,23+,24-/m1/s1. The van der Waals surface area contributed by atoms with Gasteiger partial charge in [-0.2, -0.15) is 0 Å². The first-order valence-electron chi connectivity index (χ1n) is 11.5. The number of aliphatic hydroxyl groups excluding tert-OH is 5. The van der Waals surface area contributed by atoms with E-state index in [1.165, 1.54) is 24.5 Å². The smallest absolute Gasteiger partial charge is 0.330 e. The number of epoxide rings is 1. The van der Waals surface area contributed by atoms with Crippen LogP contribution in [0.3, 0.4) is 0 Å². The van der Waals surface area contributed by atoms with Crippen LogP contribution in [0.25, 0.3) is 6.08 Å². The first kappa shape index (κ1) is 25.1. The van der Waals surface area contributed by atoms with Crippen LogP contribution in [0.1, 0.15) is 5.56 Å². The van der Waals surface area contributed by atoms with Crippen LogP contribution in [0.4, 0.5) is 0 Å². The van der Waals surface area contributed by atoms with Crippen molar-refractivity contribution >= 4 is 12.0 Å². The minimum atomic E-state index is -1.68. The molecule has 3 heterocycles. The number of hydrogen-bond acceptors (Lipinski definition) is 12. The number of carbonyl (C=O) groups excluding carboxylic acids is 1. The molecular weight excluding hydrogens is 480 g/mol. The average Bonchev–Trinajstić information content (AvgIpc) is 3.57. The zero-order valence-electron chi connectivity index (χ0n) is 18.9. The van der Waals surface area contributed by atoms with E-state index in [1.54, 1.807) is 18.2 Å². The van der Waals surface area contributed by atoms with Crippen molar-refractivity contribution in [2.24, 2.45) is 11.8 Å². The van der Waals surface area contributed by atoms with E-state index in [0.29, 0.717) is 5.56 Å². The molecule has 0 bridgehead atoms. The van der Waals surface area contributed by atoms with Gasteiger partial charge in [-0.1, -0.05) is 12.1 Å². The molecule has 12 heteroatoms. The van der Waals surface area contributed by atoms with Crippen LogP contribution in [0, 0.1) is 11.8 Å². The van der Waals surface area contributed by atoms with Crippen LogP contribution < -0.4 is 0 Å². The van der Waals surface area contributed by atoms with E-state index in [0.717, 1.165) is 6.08 Å². The van der Waals surface area contributed by atoms with Gasteiger partial charge in [0.05, 0.1) is 24.9 Å². The monoisotopic (exact) mass is 508 g/mol. The largest absolute Gasteiger partial charge is 0.508 e. The minimum Gasteiger partial charge on any atom is -0.508 e. The molecule has 3 aliphatic heterocycles. The first-order valence-corrected chi connectivity index (χ1v) is 11.5. The van der Waals surface area contributed by atoms with Gasteiger partial charge in [-0.05, 0) is 29.8 Å². The number of benzene rings is 1. The Morgan fingerprint density at radius 2 is 1.78 bits per heavy atom. The molecule has 3 fully saturated rings. The van der Waals surface area contributed by atoms with Crippen LogP contribution in [0.15, 0.2) is 42.7 Å². The molecule has 2 saturated heterocycles. The maximum Gasteiger partial charge on any atom is 0.330 e. The number of phenolic OH excluding ortho intramolecular Hbond substituents is 1. The van der Waals surface area contributed by atoms with Crippen molar-refractivity contribution in [3.8, 4) is 5.75 Å². The highest BCUT2D eigenvalue weighted by Gasteiger charge is 2.75. The number of esters is 1. The Morgan fingerprint density at radius 1 is 1.03 bits per heavy atom. The van der Waals surface area contributed by atoms with Gasteiger partial charge in [0.25, 0.3) is 0 Å². The lowest BCUT2D eigenvalue weighted by Gasteiger charge is -2.43. The molecule has 196 valence electrons. The number of fused-ring (bicyclic) bond motifs is 3. The van der Waals surface area contributed by atoms with E-state index in [1.807, 2.05) is 0 Å². The van der Waals surface area contributed by atoms with E-state index in [2.05, 4.69) is 0 Å². The fourth-order valence-corrected chi connectivity index (χ4v) is 5.12. The summed E-state index contributed by atoms with van der Waals surface area (Å²) >= 11 is 0. The zero-order valence-corrected chi connectivity index (χ0v) is 18.9. The summed E-state index contributed by atoms with van der Waals surface area (Å²) in [6.07, 6.45) is -4.61. The lowest BCUT2D eigenvalue weighted by Crippen LogP contribution is -2.60.